The lowest BCUT2D eigenvalue weighted by atomic mass is 9.98. The van der Waals surface area contributed by atoms with E-state index in [1.165, 1.54) is 30.3 Å². The molecular weight excluding hydrogens is 338 g/mol. The summed E-state index contributed by atoms with van der Waals surface area (Å²) in [5.41, 5.74) is 0.742. The Morgan fingerprint density at radius 3 is 2.73 bits per heavy atom. The van der Waals surface area contributed by atoms with Gasteiger partial charge in [0.15, 0.2) is 0 Å². The normalized spacial score (nSPS) is 17.0. The van der Waals surface area contributed by atoms with Gasteiger partial charge in [-0.2, -0.15) is 0 Å². The van der Waals surface area contributed by atoms with Crippen LogP contribution in [0.1, 0.15) is 28.3 Å². The van der Waals surface area contributed by atoms with Gasteiger partial charge in [0.05, 0.1) is 5.56 Å². The van der Waals surface area contributed by atoms with Crippen LogP contribution in [-0.2, 0) is 0 Å². The van der Waals surface area contributed by atoms with E-state index in [9.17, 15) is 18.4 Å². The third kappa shape index (κ3) is 2.87. The van der Waals surface area contributed by atoms with Crippen LogP contribution in [0.5, 0.6) is 0 Å². The van der Waals surface area contributed by atoms with Crippen molar-refractivity contribution in [2.75, 3.05) is 13.1 Å². The molecule has 1 aromatic heterocycles. The third-order valence-electron chi connectivity index (χ3n) is 4.86. The highest BCUT2D eigenvalue weighted by atomic mass is 19.1. The fraction of sp³-hybridized carbons (Fsp3) is 0.200. The molecule has 1 saturated heterocycles. The second kappa shape index (κ2) is 6.37. The predicted octanol–water partition coefficient (Wildman–Crippen LogP) is 3.44. The second-order valence-electron chi connectivity index (χ2n) is 6.50. The van der Waals surface area contributed by atoms with Gasteiger partial charge in [0.25, 0.3) is 5.91 Å². The highest BCUT2D eigenvalue weighted by Gasteiger charge is 2.30. The van der Waals surface area contributed by atoms with Gasteiger partial charge in [0, 0.05) is 36.0 Å². The molecule has 132 valence electrons. The number of rotatable bonds is 2. The van der Waals surface area contributed by atoms with Crippen LogP contribution < -0.4 is 5.56 Å². The number of likely N-dealkylation sites (tertiary alicyclic amines) is 1. The monoisotopic (exact) mass is 354 g/mol. The average molecular weight is 354 g/mol. The second-order valence-corrected chi connectivity index (χ2v) is 6.50. The Kier molecular flexibility index (Phi) is 4.03. The molecule has 4 nitrogen and oxygen atoms in total. The van der Waals surface area contributed by atoms with Crippen LogP contribution in [0.2, 0.25) is 0 Å². The van der Waals surface area contributed by atoms with Crippen LogP contribution in [0.4, 0.5) is 8.78 Å². The molecule has 1 N–H and O–H groups in total. The number of carbonyl (C=O) groups excluding carboxylic acids is 1. The molecule has 26 heavy (non-hydrogen) atoms. The standard InChI is InChI=1S/C20H16F2N2O2/c21-13-5-6-18-15(9-13)16(10-19(25)23-18)20(26)24-8-7-12(11-24)14-3-1-2-4-17(14)22/h1-6,9-10,12H,7-8,11H2,(H,23,25). The van der Waals surface area contributed by atoms with Gasteiger partial charge in [0.2, 0.25) is 5.56 Å². The maximum atomic E-state index is 14.0. The number of benzene rings is 2. The summed E-state index contributed by atoms with van der Waals surface area (Å²) in [6, 6.07) is 11.7. The van der Waals surface area contributed by atoms with Crippen LogP contribution in [0, 0.1) is 11.6 Å². The van der Waals surface area contributed by atoms with Crippen LogP contribution in [0.25, 0.3) is 10.9 Å². The minimum Gasteiger partial charge on any atom is -0.338 e. The molecule has 0 saturated carbocycles. The zero-order valence-electron chi connectivity index (χ0n) is 13.8. The summed E-state index contributed by atoms with van der Waals surface area (Å²) in [6.45, 7) is 0.824. The minimum atomic E-state index is -0.482. The van der Waals surface area contributed by atoms with Gasteiger partial charge in [-0.05, 0) is 36.2 Å². The molecule has 0 aliphatic carbocycles. The number of aromatic amines is 1. The maximum Gasteiger partial charge on any atom is 0.254 e. The summed E-state index contributed by atoms with van der Waals surface area (Å²) in [4.78, 5) is 29.0. The average Bonchev–Trinajstić information content (AvgIpc) is 3.11. The number of H-pyrrole nitrogens is 1. The van der Waals surface area contributed by atoms with Gasteiger partial charge >= 0.3 is 0 Å². The number of nitrogens with zero attached hydrogens (tertiary/aromatic N) is 1. The molecule has 2 aromatic carbocycles. The van der Waals surface area contributed by atoms with E-state index in [4.69, 9.17) is 0 Å². The quantitative estimate of drug-likeness (QED) is 0.767. The van der Waals surface area contributed by atoms with Gasteiger partial charge in [-0.1, -0.05) is 18.2 Å². The Labute approximate surface area is 148 Å². The lowest BCUT2D eigenvalue weighted by Gasteiger charge is -2.18. The minimum absolute atomic E-state index is 0.0925. The van der Waals surface area contributed by atoms with E-state index < -0.39 is 11.4 Å². The largest absolute Gasteiger partial charge is 0.338 e. The lowest BCUT2D eigenvalue weighted by Crippen LogP contribution is -2.29. The molecule has 1 aliphatic heterocycles. The highest BCUT2D eigenvalue weighted by Crippen LogP contribution is 2.30. The first-order valence-electron chi connectivity index (χ1n) is 8.39. The molecule has 1 atom stereocenters. The predicted molar refractivity (Wildman–Crippen MR) is 94.2 cm³/mol. The number of pyridine rings is 1. The molecule has 6 heteroatoms. The van der Waals surface area contributed by atoms with Crippen LogP contribution in [0.15, 0.2) is 53.3 Å². The van der Waals surface area contributed by atoms with E-state index in [1.807, 2.05) is 0 Å². The molecule has 1 fully saturated rings. The van der Waals surface area contributed by atoms with Crippen molar-refractivity contribution in [3.05, 3.63) is 81.6 Å². The molecule has 3 aromatic rings. The molecule has 1 amide bonds. The first kappa shape index (κ1) is 16.4. The zero-order valence-corrected chi connectivity index (χ0v) is 13.8. The lowest BCUT2D eigenvalue weighted by molar-refractivity contribution is 0.0792. The summed E-state index contributed by atoms with van der Waals surface area (Å²) < 4.78 is 27.6. The summed E-state index contributed by atoms with van der Waals surface area (Å²) in [6.07, 6.45) is 0.641. The Morgan fingerprint density at radius 2 is 1.92 bits per heavy atom. The van der Waals surface area contributed by atoms with Crippen molar-refractivity contribution in [2.45, 2.75) is 12.3 Å². The molecular formula is C20H16F2N2O2. The van der Waals surface area contributed by atoms with Crippen molar-refractivity contribution in [3.8, 4) is 0 Å². The number of aromatic nitrogens is 1. The van der Waals surface area contributed by atoms with Gasteiger partial charge in [0.1, 0.15) is 11.6 Å². The summed E-state index contributed by atoms with van der Waals surface area (Å²) in [5, 5.41) is 0.365. The Bertz CT molecular complexity index is 1060. The molecule has 2 heterocycles. The van der Waals surface area contributed by atoms with E-state index >= 15 is 0 Å². The molecule has 0 spiro atoms. The van der Waals surface area contributed by atoms with Crippen molar-refractivity contribution in [1.82, 2.24) is 9.88 Å². The number of hydrogen-bond acceptors (Lipinski definition) is 2. The van der Waals surface area contributed by atoms with Crippen LogP contribution in [0.3, 0.4) is 0 Å². The number of hydrogen-bond donors (Lipinski definition) is 1. The highest BCUT2D eigenvalue weighted by molar-refractivity contribution is 6.06. The molecule has 1 aliphatic rings. The zero-order chi connectivity index (χ0) is 18.3. The van der Waals surface area contributed by atoms with Crippen molar-refractivity contribution in [3.63, 3.8) is 0 Å². The number of fused-ring (bicyclic) bond motifs is 1. The van der Waals surface area contributed by atoms with E-state index in [1.54, 1.807) is 23.1 Å². The van der Waals surface area contributed by atoms with Crippen molar-refractivity contribution >= 4 is 16.8 Å². The van der Waals surface area contributed by atoms with E-state index in [0.717, 1.165) is 0 Å². The van der Waals surface area contributed by atoms with Crippen molar-refractivity contribution < 1.29 is 13.6 Å². The van der Waals surface area contributed by atoms with Crippen molar-refractivity contribution in [2.24, 2.45) is 0 Å². The Balaban J connectivity index is 1.67. The molecule has 4 rings (SSSR count). The van der Waals surface area contributed by atoms with E-state index in [0.29, 0.717) is 36.0 Å². The number of carbonyl (C=O) groups is 1. The van der Waals surface area contributed by atoms with Crippen LogP contribution >= 0.6 is 0 Å². The number of amides is 1. The van der Waals surface area contributed by atoms with Gasteiger partial charge in [-0.25, -0.2) is 8.78 Å². The van der Waals surface area contributed by atoms with Gasteiger partial charge in [-0.3, -0.25) is 9.59 Å². The smallest absolute Gasteiger partial charge is 0.254 e. The SMILES string of the molecule is O=C(c1cc(=O)[nH]c2ccc(F)cc12)N1CCC(c2ccccc2F)C1. The fourth-order valence-electron chi connectivity index (χ4n) is 3.58. The number of halogens is 2. The number of nitrogens with one attached hydrogen (secondary N) is 1. The molecule has 0 bridgehead atoms. The van der Waals surface area contributed by atoms with Crippen molar-refractivity contribution in [1.29, 1.82) is 0 Å². The van der Waals surface area contributed by atoms with Gasteiger partial charge in [-0.15, -0.1) is 0 Å². The Morgan fingerprint density at radius 1 is 1.12 bits per heavy atom. The van der Waals surface area contributed by atoms with Gasteiger partial charge < -0.3 is 9.88 Å². The summed E-state index contributed by atoms with van der Waals surface area (Å²) in [7, 11) is 0. The molecule has 1 unspecified atom stereocenters. The maximum absolute atomic E-state index is 14.0. The van der Waals surface area contributed by atoms with E-state index in [-0.39, 0.29) is 23.2 Å². The topological polar surface area (TPSA) is 53.2 Å². The van der Waals surface area contributed by atoms with Crippen LogP contribution in [-0.4, -0.2) is 28.9 Å². The Hall–Kier alpha value is -3.02. The van der Waals surface area contributed by atoms with E-state index in [2.05, 4.69) is 4.98 Å². The summed E-state index contributed by atoms with van der Waals surface area (Å²) in [5.74, 6) is -1.20. The first-order chi connectivity index (χ1) is 12.5. The fourth-order valence-corrected chi connectivity index (χ4v) is 3.58. The third-order valence-corrected chi connectivity index (χ3v) is 4.86. The summed E-state index contributed by atoms with van der Waals surface area (Å²) >= 11 is 0. The first-order valence-corrected chi connectivity index (χ1v) is 8.39. The molecule has 0 radical (unpaired) electrons.